The quantitative estimate of drug-likeness (QED) is 0.150. The molecule has 1 amide bonds. The van der Waals surface area contributed by atoms with Crippen molar-refractivity contribution in [2.75, 3.05) is 0 Å². The Kier molecular flexibility index (Phi) is 8.21. The molecule has 3 aromatic rings. The van der Waals surface area contributed by atoms with Gasteiger partial charge >= 0.3 is 0 Å². The smallest absolute Gasteiger partial charge is 0.271 e. The predicted molar refractivity (Wildman–Crippen MR) is 136 cm³/mol. The van der Waals surface area contributed by atoms with Crippen molar-refractivity contribution in [1.29, 1.82) is 0 Å². The van der Waals surface area contributed by atoms with Crippen LogP contribution in [0.15, 0.2) is 65.8 Å². The highest BCUT2D eigenvalue weighted by Crippen LogP contribution is 2.29. The molecule has 0 aliphatic heterocycles. The van der Waals surface area contributed by atoms with E-state index in [0.29, 0.717) is 11.6 Å². The molecular formula is C21H14ClI2N3O4. The summed E-state index contributed by atoms with van der Waals surface area (Å²) in [6, 6.07) is 16.7. The summed E-state index contributed by atoms with van der Waals surface area (Å²) >= 11 is 10.3. The average molecular weight is 662 g/mol. The molecule has 0 aromatic heterocycles. The number of nitrogens with one attached hydrogen (secondary N) is 1. The lowest BCUT2D eigenvalue weighted by Gasteiger charge is -2.11. The average Bonchev–Trinajstić information content (AvgIpc) is 2.74. The third-order valence-corrected chi connectivity index (χ3v) is 5.87. The minimum atomic E-state index is -0.555. The molecular weight excluding hydrogens is 648 g/mol. The van der Waals surface area contributed by atoms with Crippen LogP contribution >= 0.6 is 56.8 Å². The fourth-order valence-electron chi connectivity index (χ4n) is 2.52. The van der Waals surface area contributed by atoms with Gasteiger partial charge in [0.15, 0.2) is 0 Å². The van der Waals surface area contributed by atoms with E-state index in [1.807, 2.05) is 36.4 Å². The molecule has 0 saturated carbocycles. The minimum Gasteiger partial charge on any atom is -0.487 e. The first-order valence-corrected chi connectivity index (χ1v) is 11.3. The van der Waals surface area contributed by atoms with Gasteiger partial charge in [0.1, 0.15) is 12.4 Å². The molecule has 31 heavy (non-hydrogen) atoms. The van der Waals surface area contributed by atoms with E-state index < -0.39 is 10.8 Å². The highest BCUT2D eigenvalue weighted by Gasteiger charge is 2.11. The zero-order valence-corrected chi connectivity index (χ0v) is 20.8. The second-order valence-electron chi connectivity index (χ2n) is 6.24. The Morgan fingerprint density at radius 1 is 1.13 bits per heavy atom. The number of halogens is 3. The molecule has 0 aliphatic rings. The number of hydrazone groups is 1. The van der Waals surface area contributed by atoms with Crippen LogP contribution in [-0.2, 0) is 6.61 Å². The topological polar surface area (TPSA) is 93.8 Å². The zero-order chi connectivity index (χ0) is 22.4. The maximum Gasteiger partial charge on any atom is 0.271 e. The van der Waals surface area contributed by atoms with Crippen LogP contribution in [0.25, 0.3) is 0 Å². The van der Waals surface area contributed by atoms with Gasteiger partial charge in [0.05, 0.1) is 18.3 Å². The molecule has 0 fully saturated rings. The lowest BCUT2D eigenvalue weighted by molar-refractivity contribution is -0.384. The highest BCUT2D eigenvalue weighted by atomic mass is 127. The van der Waals surface area contributed by atoms with Gasteiger partial charge in [0.25, 0.3) is 11.6 Å². The van der Waals surface area contributed by atoms with E-state index in [4.69, 9.17) is 16.3 Å². The molecule has 0 radical (unpaired) electrons. The van der Waals surface area contributed by atoms with Gasteiger partial charge in [0.2, 0.25) is 0 Å². The normalized spacial score (nSPS) is 10.8. The number of nitrogens with zero attached hydrogens (tertiary/aromatic N) is 2. The molecule has 158 valence electrons. The van der Waals surface area contributed by atoms with E-state index in [9.17, 15) is 14.9 Å². The molecule has 0 spiro atoms. The second-order valence-corrected chi connectivity index (χ2v) is 9.00. The molecule has 0 heterocycles. The molecule has 7 nitrogen and oxygen atoms in total. The van der Waals surface area contributed by atoms with Crippen LogP contribution in [0.4, 0.5) is 5.69 Å². The lowest BCUT2D eigenvalue weighted by atomic mass is 10.2. The number of rotatable bonds is 7. The number of hydrogen-bond donors (Lipinski definition) is 1. The van der Waals surface area contributed by atoms with Gasteiger partial charge in [0, 0.05) is 22.7 Å². The van der Waals surface area contributed by atoms with Gasteiger partial charge in [-0.05, 0) is 86.6 Å². The first-order chi connectivity index (χ1) is 14.8. The number of carbonyl (C=O) groups excluding carboxylic acids is 1. The van der Waals surface area contributed by atoms with Crippen molar-refractivity contribution in [3.8, 4) is 5.75 Å². The standard InChI is InChI=1S/C21H14ClI2N3O4/c22-16-6-4-13(5-7-16)12-31-20-18(23)8-14(9-19(20)24)11-25-26-21(28)15-2-1-3-17(10-15)27(29)30/h1-11H,12H2,(H,26,28)/b25-11-. The van der Waals surface area contributed by atoms with E-state index in [1.54, 1.807) is 0 Å². The number of benzene rings is 3. The Balaban J connectivity index is 1.64. The summed E-state index contributed by atoms with van der Waals surface area (Å²) in [5.74, 6) is 0.223. The van der Waals surface area contributed by atoms with Crippen LogP contribution in [0.5, 0.6) is 5.75 Å². The van der Waals surface area contributed by atoms with Crippen molar-refractivity contribution < 1.29 is 14.5 Å². The summed E-state index contributed by atoms with van der Waals surface area (Å²) in [4.78, 5) is 22.4. The number of ether oxygens (including phenoxy) is 1. The van der Waals surface area contributed by atoms with Crippen molar-refractivity contribution in [3.63, 3.8) is 0 Å². The number of nitro benzene ring substituents is 1. The maximum absolute atomic E-state index is 12.2. The van der Waals surface area contributed by atoms with Gasteiger partial charge in [-0.3, -0.25) is 14.9 Å². The first kappa shape index (κ1) is 23.4. The Morgan fingerprint density at radius 2 is 1.81 bits per heavy atom. The molecule has 1 N–H and O–H groups in total. The monoisotopic (exact) mass is 661 g/mol. The lowest BCUT2D eigenvalue weighted by Crippen LogP contribution is -2.17. The first-order valence-electron chi connectivity index (χ1n) is 8.77. The van der Waals surface area contributed by atoms with E-state index in [0.717, 1.165) is 24.0 Å². The number of carbonyl (C=O) groups is 1. The summed E-state index contributed by atoms with van der Waals surface area (Å²) in [5.41, 5.74) is 4.15. The molecule has 0 bridgehead atoms. The molecule has 10 heteroatoms. The van der Waals surface area contributed by atoms with Gasteiger partial charge in [-0.15, -0.1) is 0 Å². The molecule has 0 aliphatic carbocycles. The minimum absolute atomic E-state index is 0.154. The molecule has 3 aromatic carbocycles. The molecule has 3 rings (SSSR count). The largest absolute Gasteiger partial charge is 0.487 e. The Morgan fingerprint density at radius 3 is 2.45 bits per heavy atom. The number of hydrogen-bond acceptors (Lipinski definition) is 5. The van der Waals surface area contributed by atoms with Crippen LogP contribution in [0.3, 0.4) is 0 Å². The number of nitro groups is 1. The third-order valence-electron chi connectivity index (χ3n) is 4.02. The van der Waals surface area contributed by atoms with Crippen LogP contribution in [0.2, 0.25) is 5.02 Å². The SMILES string of the molecule is O=C(N/N=C\c1cc(I)c(OCc2ccc(Cl)cc2)c(I)c1)c1cccc([N+](=O)[O-])c1. The van der Waals surface area contributed by atoms with E-state index in [1.165, 1.54) is 30.5 Å². The number of amides is 1. The Hall–Kier alpha value is -2.25. The van der Waals surface area contributed by atoms with Crippen molar-refractivity contribution in [1.82, 2.24) is 5.43 Å². The summed E-state index contributed by atoms with van der Waals surface area (Å²) in [6.45, 7) is 0.413. The van der Waals surface area contributed by atoms with E-state index in [2.05, 4.69) is 55.7 Å². The van der Waals surface area contributed by atoms with Crippen molar-refractivity contribution >= 4 is 74.6 Å². The van der Waals surface area contributed by atoms with E-state index in [-0.39, 0.29) is 11.3 Å². The van der Waals surface area contributed by atoms with Crippen LogP contribution in [0.1, 0.15) is 21.5 Å². The fourth-order valence-corrected chi connectivity index (χ4v) is 4.77. The van der Waals surface area contributed by atoms with Crippen molar-refractivity contribution in [2.24, 2.45) is 5.10 Å². The molecule has 0 saturated heterocycles. The molecule has 0 unspecified atom stereocenters. The summed E-state index contributed by atoms with van der Waals surface area (Å²) < 4.78 is 7.74. The van der Waals surface area contributed by atoms with Crippen LogP contribution < -0.4 is 10.2 Å². The van der Waals surface area contributed by atoms with Crippen molar-refractivity contribution in [3.05, 3.63) is 99.6 Å². The second kappa shape index (κ2) is 10.9. The third kappa shape index (κ3) is 6.61. The summed E-state index contributed by atoms with van der Waals surface area (Å²) in [6.07, 6.45) is 1.50. The van der Waals surface area contributed by atoms with Gasteiger partial charge in [-0.25, -0.2) is 5.43 Å². The van der Waals surface area contributed by atoms with E-state index >= 15 is 0 Å². The summed E-state index contributed by atoms with van der Waals surface area (Å²) in [7, 11) is 0. The summed E-state index contributed by atoms with van der Waals surface area (Å²) in [5, 5.41) is 15.5. The highest BCUT2D eigenvalue weighted by molar-refractivity contribution is 14.1. The predicted octanol–water partition coefficient (Wildman–Crippen LogP) is 5.80. The Bertz CT molecular complexity index is 1130. The van der Waals surface area contributed by atoms with Gasteiger partial charge in [-0.1, -0.05) is 29.8 Å². The fraction of sp³-hybridized carbons (Fsp3) is 0.0476. The number of non-ortho nitro benzene ring substituents is 1. The van der Waals surface area contributed by atoms with Crippen LogP contribution in [0, 0.1) is 17.3 Å². The maximum atomic E-state index is 12.2. The molecule has 0 atom stereocenters. The zero-order valence-electron chi connectivity index (χ0n) is 15.7. The Labute approximate surface area is 210 Å². The van der Waals surface area contributed by atoms with Gasteiger partial charge in [-0.2, -0.15) is 5.10 Å². The van der Waals surface area contributed by atoms with Crippen LogP contribution in [-0.4, -0.2) is 17.0 Å². The van der Waals surface area contributed by atoms with Gasteiger partial charge < -0.3 is 4.74 Å². The van der Waals surface area contributed by atoms with Crippen molar-refractivity contribution in [2.45, 2.75) is 6.61 Å².